The molecule has 1 saturated heterocycles. The number of pyridine rings is 1. The van der Waals surface area contributed by atoms with Gasteiger partial charge in [0.05, 0.1) is 18.3 Å². The van der Waals surface area contributed by atoms with Crippen LogP contribution in [0.2, 0.25) is 0 Å². The Kier molecular flexibility index (Phi) is 6.20. The summed E-state index contributed by atoms with van der Waals surface area (Å²) >= 11 is 0. The monoisotopic (exact) mass is 385 g/mol. The zero-order valence-corrected chi connectivity index (χ0v) is 16.6. The normalized spacial score (nSPS) is 14.6. The highest BCUT2D eigenvalue weighted by molar-refractivity contribution is 5.78. The first-order chi connectivity index (χ1) is 14.3. The van der Waals surface area contributed by atoms with Gasteiger partial charge in [-0.15, -0.1) is 0 Å². The van der Waals surface area contributed by atoms with E-state index in [4.69, 9.17) is 0 Å². The van der Waals surface area contributed by atoms with Crippen LogP contribution >= 0.6 is 0 Å². The Morgan fingerprint density at radius 2 is 1.66 bits per heavy atom. The number of amides is 1. The Hall–Kier alpha value is -3.14. The highest BCUT2D eigenvalue weighted by Crippen LogP contribution is 2.22. The van der Waals surface area contributed by atoms with Crippen LogP contribution in [0.5, 0.6) is 0 Å². The van der Waals surface area contributed by atoms with E-state index >= 15 is 0 Å². The first kappa shape index (κ1) is 19.2. The number of anilines is 1. The molecule has 0 unspecified atom stereocenters. The van der Waals surface area contributed by atoms with Gasteiger partial charge in [-0.3, -0.25) is 9.78 Å². The number of hydrogen-bond acceptors (Lipinski definition) is 3. The van der Waals surface area contributed by atoms with Gasteiger partial charge in [0.1, 0.15) is 0 Å². The van der Waals surface area contributed by atoms with E-state index in [1.54, 1.807) is 6.20 Å². The second-order valence-corrected chi connectivity index (χ2v) is 7.69. The summed E-state index contributed by atoms with van der Waals surface area (Å²) in [6.45, 7) is 2.81. The number of carbonyl (C=O) groups is 1. The quantitative estimate of drug-likeness (QED) is 0.687. The molecule has 3 aromatic rings. The number of carbonyl (C=O) groups excluding carboxylic acids is 1. The zero-order valence-electron chi connectivity index (χ0n) is 16.6. The van der Waals surface area contributed by atoms with Gasteiger partial charge in [-0.1, -0.05) is 54.6 Å². The molecular formula is C25H27N3O. The molecule has 148 valence electrons. The molecule has 2 aromatic carbocycles. The molecule has 1 aromatic heterocycles. The minimum absolute atomic E-state index is 0.104. The summed E-state index contributed by atoms with van der Waals surface area (Å²) in [6, 6.07) is 22.7. The number of hydrogen-bond donors (Lipinski definition) is 1. The molecular weight excluding hydrogens is 358 g/mol. The second-order valence-electron chi connectivity index (χ2n) is 7.69. The molecule has 4 heteroatoms. The Bertz CT molecular complexity index is 902. The van der Waals surface area contributed by atoms with E-state index in [1.807, 2.05) is 42.6 Å². The smallest absolute Gasteiger partial charge is 0.224 e. The van der Waals surface area contributed by atoms with Crippen molar-refractivity contribution in [2.75, 3.05) is 24.5 Å². The largest absolute Gasteiger partial charge is 0.370 e. The maximum absolute atomic E-state index is 12.4. The third-order valence-corrected chi connectivity index (χ3v) is 5.64. The molecule has 0 radical (unpaired) electrons. The van der Waals surface area contributed by atoms with E-state index in [9.17, 15) is 4.79 Å². The Labute approximate surface area is 172 Å². The van der Waals surface area contributed by atoms with Crippen molar-refractivity contribution in [3.8, 4) is 11.1 Å². The second kappa shape index (κ2) is 9.37. The number of rotatable bonds is 6. The number of benzene rings is 2. The molecule has 0 atom stereocenters. The van der Waals surface area contributed by atoms with Crippen molar-refractivity contribution < 1.29 is 4.79 Å². The van der Waals surface area contributed by atoms with Gasteiger partial charge in [0.2, 0.25) is 5.91 Å². The lowest BCUT2D eigenvalue weighted by Gasteiger charge is -2.33. The highest BCUT2D eigenvalue weighted by atomic mass is 16.1. The predicted octanol–water partition coefficient (Wildman–Crippen LogP) is 4.32. The van der Waals surface area contributed by atoms with Crippen LogP contribution in [0.1, 0.15) is 18.4 Å². The van der Waals surface area contributed by atoms with Gasteiger partial charge >= 0.3 is 0 Å². The van der Waals surface area contributed by atoms with Crippen LogP contribution in [0.4, 0.5) is 5.69 Å². The lowest BCUT2D eigenvalue weighted by Crippen LogP contribution is -2.39. The Balaban J connectivity index is 1.21. The van der Waals surface area contributed by atoms with Gasteiger partial charge < -0.3 is 10.2 Å². The molecule has 0 aliphatic carbocycles. The Morgan fingerprint density at radius 1 is 0.931 bits per heavy atom. The third-order valence-electron chi connectivity index (χ3n) is 5.64. The molecule has 4 nitrogen and oxygen atoms in total. The van der Waals surface area contributed by atoms with Gasteiger partial charge in [-0.05, 0) is 47.6 Å². The highest BCUT2D eigenvalue weighted by Gasteiger charge is 2.20. The van der Waals surface area contributed by atoms with Crippen LogP contribution in [0.3, 0.4) is 0 Å². The number of piperidine rings is 1. The molecule has 1 aliphatic rings. The van der Waals surface area contributed by atoms with Crippen molar-refractivity contribution in [2.24, 2.45) is 5.92 Å². The third kappa shape index (κ3) is 5.23. The summed E-state index contributed by atoms with van der Waals surface area (Å²) in [6.07, 6.45) is 6.36. The van der Waals surface area contributed by atoms with Crippen LogP contribution < -0.4 is 10.2 Å². The van der Waals surface area contributed by atoms with Gasteiger partial charge in [0, 0.05) is 25.8 Å². The molecule has 0 spiro atoms. The fraction of sp³-hybridized carbons (Fsp3) is 0.280. The van der Waals surface area contributed by atoms with Gasteiger partial charge in [-0.25, -0.2) is 0 Å². The van der Waals surface area contributed by atoms with Crippen LogP contribution in [-0.2, 0) is 11.2 Å². The van der Waals surface area contributed by atoms with Crippen LogP contribution in [0, 0.1) is 5.92 Å². The van der Waals surface area contributed by atoms with Gasteiger partial charge in [0.15, 0.2) is 0 Å². The molecule has 2 heterocycles. The Morgan fingerprint density at radius 3 is 2.34 bits per heavy atom. The number of nitrogens with zero attached hydrogens (tertiary/aromatic N) is 2. The molecule has 1 aliphatic heterocycles. The molecule has 0 saturated carbocycles. The van der Waals surface area contributed by atoms with Crippen molar-refractivity contribution in [1.29, 1.82) is 0 Å². The summed E-state index contributed by atoms with van der Waals surface area (Å²) < 4.78 is 0. The molecule has 1 N–H and O–H groups in total. The lowest BCUT2D eigenvalue weighted by molar-refractivity contribution is -0.120. The van der Waals surface area contributed by atoms with Crippen molar-refractivity contribution in [3.63, 3.8) is 0 Å². The van der Waals surface area contributed by atoms with Crippen molar-refractivity contribution in [3.05, 3.63) is 84.7 Å². The van der Waals surface area contributed by atoms with Crippen molar-refractivity contribution >= 4 is 11.6 Å². The fourth-order valence-corrected chi connectivity index (χ4v) is 3.89. The van der Waals surface area contributed by atoms with Gasteiger partial charge in [0.25, 0.3) is 0 Å². The standard InChI is InChI=1S/C25H27N3O/c29-25(17-20-8-10-23(11-9-20)22-5-2-1-3-6-22)27-18-21-12-15-28(16-13-21)24-7-4-14-26-19-24/h1-11,14,19,21H,12-13,15-18H2,(H,27,29). The molecule has 1 fully saturated rings. The summed E-state index contributed by atoms with van der Waals surface area (Å²) in [5.41, 5.74) is 4.61. The summed E-state index contributed by atoms with van der Waals surface area (Å²) in [5.74, 6) is 0.652. The van der Waals surface area contributed by atoms with E-state index in [-0.39, 0.29) is 5.91 Å². The van der Waals surface area contributed by atoms with E-state index in [2.05, 4.69) is 45.5 Å². The fourth-order valence-electron chi connectivity index (χ4n) is 3.89. The number of aromatic nitrogens is 1. The summed E-state index contributed by atoms with van der Waals surface area (Å²) in [5, 5.41) is 3.13. The average Bonchev–Trinajstić information content (AvgIpc) is 2.80. The van der Waals surface area contributed by atoms with E-state index < -0.39 is 0 Å². The van der Waals surface area contributed by atoms with Crippen molar-refractivity contribution in [1.82, 2.24) is 10.3 Å². The predicted molar refractivity (Wildman–Crippen MR) is 118 cm³/mol. The van der Waals surface area contributed by atoms with Crippen LogP contribution in [-0.4, -0.2) is 30.5 Å². The van der Waals surface area contributed by atoms with E-state index in [1.165, 1.54) is 16.8 Å². The van der Waals surface area contributed by atoms with Crippen molar-refractivity contribution in [2.45, 2.75) is 19.3 Å². The minimum atomic E-state index is 0.104. The maximum atomic E-state index is 12.4. The molecule has 29 heavy (non-hydrogen) atoms. The maximum Gasteiger partial charge on any atom is 0.224 e. The first-order valence-corrected chi connectivity index (χ1v) is 10.3. The molecule has 0 bridgehead atoms. The summed E-state index contributed by atoms with van der Waals surface area (Å²) in [4.78, 5) is 18.9. The SMILES string of the molecule is O=C(Cc1ccc(-c2ccccc2)cc1)NCC1CCN(c2cccnc2)CC1. The van der Waals surface area contributed by atoms with E-state index in [0.717, 1.165) is 38.0 Å². The molecule has 1 amide bonds. The average molecular weight is 386 g/mol. The number of nitrogens with one attached hydrogen (secondary N) is 1. The molecule has 4 rings (SSSR count). The van der Waals surface area contributed by atoms with E-state index in [0.29, 0.717) is 12.3 Å². The first-order valence-electron chi connectivity index (χ1n) is 10.3. The van der Waals surface area contributed by atoms with Crippen LogP contribution in [0.25, 0.3) is 11.1 Å². The lowest BCUT2D eigenvalue weighted by atomic mass is 9.96. The summed E-state index contributed by atoms with van der Waals surface area (Å²) in [7, 11) is 0. The van der Waals surface area contributed by atoms with Gasteiger partial charge in [-0.2, -0.15) is 0 Å². The minimum Gasteiger partial charge on any atom is -0.370 e. The topological polar surface area (TPSA) is 45.2 Å². The van der Waals surface area contributed by atoms with Crippen LogP contribution in [0.15, 0.2) is 79.1 Å². The zero-order chi connectivity index (χ0) is 19.9.